The number of thioether (sulfide) groups is 1. The first kappa shape index (κ1) is 23.1. The Balaban J connectivity index is 0.00000338. The van der Waals surface area contributed by atoms with Gasteiger partial charge in [0.25, 0.3) is 0 Å². The van der Waals surface area contributed by atoms with E-state index in [1.807, 2.05) is 24.9 Å². The van der Waals surface area contributed by atoms with Crippen molar-refractivity contribution in [2.75, 3.05) is 39.5 Å². The lowest BCUT2D eigenvalue weighted by molar-refractivity contribution is -0.121. The Morgan fingerprint density at radius 2 is 1.96 bits per heavy atom. The number of hydrogen-bond donors (Lipinski definition) is 2. The Morgan fingerprint density at radius 3 is 2.58 bits per heavy atom. The van der Waals surface area contributed by atoms with Crippen molar-refractivity contribution in [3.05, 3.63) is 30.3 Å². The average Bonchev–Trinajstić information content (AvgIpc) is 2.66. The Kier molecular flexibility index (Phi) is 11.8. The van der Waals surface area contributed by atoms with Gasteiger partial charge in [0.05, 0.1) is 0 Å². The summed E-state index contributed by atoms with van der Waals surface area (Å²) in [5.41, 5.74) is 0. The van der Waals surface area contributed by atoms with E-state index < -0.39 is 0 Å². The lowest BCUT2D eigenvalue weighted by Gasteiger charge is -2.34. The zero-order valence-corrected chi connectivity index (χ0v) is 18.9. The van der Waals surface area contributed by atoms with Gasteiger partial charge in [-0.2, -0.15) is 0 Å². The van der Waals surface area contributed by atoms with Gasteiger partial charge in [0.2, 0.25) is 5.91 Å². The summed E-state index contributed by atoms with van der Waals surface area (Å²) in [7, 11) is 3.55. The second-order valence-corrected chi connectivity index (χ2v) is 7.47. The van der Waals surface area contributed by atoms with Crippen LogP contribution >= 0.6 is 35.7 Å². The van der Waals surface area contributed by atoms with Crippen molar-refractivity contribution in [2.45, 2.75) is 30.6 Å². The fourth-order valence-corrected chi connectivity index (χ4v) is 3.90. The highest BCUT2D eigenvalue weighted by Crippen LogP contribution is 2.20. The fourth-order valence-electron chi connectivity index (χ4n) is 3.02. The van der Waals surface area contributed by atoms with Crippen molar-refractivity contribution in [1.29, 1.82) is 0 Å². The molecule has 1 fully saturated rings. The van der Waals surface area contributed by atoms with Crippen LogP contribution in [-0.2, 0) is 4.79 Å². The number of likely N-dealkylation sites (tertiary alicyclic amines) is 1. The fraction of sp³-hybridized carbons (Fsp3) is 0.579. The number of nitrogens with one attached hydrogen (secondary N) is 2. The smallest absolute Gasteiger partial charge is 0.220 e. The number of piperidine rings is 1. The molecule has 5 nitrogen and oxygen atoms in total. The predicted octanol–water partition coefficient (Wildman–Crippen LogP) is 3.21. The number of guanidine groups is 1. The van der Waals surface area contributed by atoms with Crippen LogP contribution in [0, 0.1) is 5.92 Å². The summed E-state index contributed by atoms with van der Waals surface area (Å²) in [6, 6.07) is 10.5. The molecule has 7 heteroatoms. The highest BCUT2D eigenvalue weighted by atomic mass is 127. The van der Waals surface area contributed by atoms with E-state index in [2.05, 4.69) is 44.8 Å². The van der Waals surface area contributed by atoms with Crippen molar-refractivity contribution < 1.29 is 4.79 Å². The van der Waals surface area contributed by atoms with Gasteiger partial charge in [-0.25, -0.2) is 0 Å². The summed E-state index contributed by atoms with van der Waals surface area (Å²) >= 11 is 1.89. The third-order valence-corrected chi connectivity index (χ3v) is 5.59. The molecule has 0 radical (unpaired) electrons. The minimum Gasteiger partial charge on any atom is -0.359 e. The molecule has 0 spiro atoms. The van der Waals surface area contributed by atoms with Crippen LogP contribution < -0.4 is 10.6 Å². The predicted molar refractivity (Wildman–Crippen MR) is 122 cm³/mol. The molecule has 0 aromatic heterocycles. The second kappa shape index (κ2) is 13.2. The summed E-state index contributed by atoms with van der Waals surface area (Å²) in [4.78, 5) is 19.5. The van der Waals surface area contributed by atoms with Gasteiger partial charge in [-0.15, -0.1) is 35.7 Å². The van der Waals surface area contributed by atoms with Gasteiger partial charge in [0.15, 0.2) is 5.96 Å². The van der Waals surface area contributed by atoms with Crippen LogP contribution in [0.5, 0.6) is 0 Å². The molecular formula is C19H31IN4OS. The van der Waals surface area contributed by atoms with Crippen LogP contribution in [0.1, 0.15) is 25.7 Å². The van der Waals surface area contributed by atoms with Crippen LogP contribution in [0.25, 0.3) is 0 Å². The van der Waals surface area contributed by atoms with E-state index in [9.17, 15) is 4.79 Å². The van der Waals surface area contributed by atoms with Crippen molar-refractivity contribution >= 4 is 47.6 Å². The number of carbonyl (C=O) groups excluding carboxylic acids is 1. The third kappa shape index (κ3) is 8.16. The Morgan fingerprint density at radius 1 is 1.27 bits per heavy atom. The molecule has 1 saturated heterocycles. The van der Waals surface area contributed by atoms with E-state index in [1.165, 1.54) is 4.90 Å². The second-order valence-electron chi connectivity index (χ2n) is 6.30. The molecule has 0 aliphatic carbocycles. The Bertz CT molecular complexity index is 548. The van der Waals surface area contributed by atoms with Gasteiger partial charge < -0.3 is 15.5 Å². The van der Waals surface area contributed by atoms with Crippen molar-refractivity contribution in [2.24, 2.45) is 10.9 Å². The molecule has 1 amide bonds. The number of benzene rings is 1. The molecule has 2 N–H and O–H groups in total. The number of amides is 1. The van der Waals surface area contributed by atoms with E-state index in [4.69, 9.17) is 0 Å². The normalized spacial score (nSPS) is 15.3. The first-order chi connectivity index (χ1) is 12.2. The molecule has 0 atom stereocenters. The maximum atomic E-state index is 11.5. The van der Waals surface area contributed by atoms with Gasteiger partial charge in [-0.05, 0) is 43.1 Å². The Labute approximate surface area is 178 Å². The summed E-state index contributed by atoms with van der Waals surface area (Å²) in [6.07, 6.45) is 3.86. The minimum atomic E-state index is 0. The summed E-state index contributed by atoms with van der Waals surface area (Å²) in [6.45, 7) is 2.88. The lowest BCUT2D eigenvalue weighted by atomic mass is 9.93. The van der Waals surface area contributed by atoms with Gasteiger partial charge in [-0.1, -0.05) is 18.2 Å². The molecule has 1 heterocycles. The quantitative estimate of drug-likeness (QED) is 0.203. The molecule has 1 aromatic rings. The molecule has 1 aromatic carbocycles. The Hall–Kier alpha value is -0.960. The van der Waals surface area contributed by atoms with Crippen molar-refractivity contribution in [1.82, 2.24) is 15.5 Å². The molecule has 0 bridgehead atoms. The highest BCUT2D eigenvalue weighted by molar-refractivity contribution is 14.0. The summed E-state index contributed by atoms with van der Waals surface area (Å²) in [5.74, 6) is 2.74. The van der Waals surface area contributed by atoms with Crippen LogP contribution in [0.3, 0.4) is 0 Å². The molecule has 26 heavy (non-hydrogen) atoms. The molecule has 1 aliphatic rings. The van der Waals surface area contributed by atoms with Crippen molar-refractivity contribution in [3.8, 4) is 0 Å². The standard InChI is InChI=1S/C19H30N4OS.HI/c1-20-18(24)15-16-9-12-23(13-10-16)19(21-2)22-11-6-14-25-17-7-4-3-5-8-17;/h3-5,7-8,16H,6,9-15H2,1-2H3,(H,20,24)(H,21,22);1H. The number of aliphatic imine (C=N–C) groups is 1. The minimum absolute atomic E-state index is 0. The number of nitrogens with zero attached hydrogens (tertiary/aromatic N) is 2. The van der Waals surface area contributed by atoms with E-state index in [0.717, 1.165) is 50.6 Å². The largest absolute Gasteiger partial charge is 0.359 e. The first-order valence-electron chi connectivity index (χ1n) is 9.07. The number of halogens is 1. The zero-order valence-electron chi connectivity index (χ0n) is 15.7. The van der Waals surface area contributed by atoms with Crippen molar-refractivity contribution in [3.63, 3.8) is 0 Å². The third-order valence-electron chi connectivity index (χ3n) is 4.49. The molecule has 2 rings (SSSR count). The average molecular weight is 490 g/mol. The summed E-state index contributed by atoms with van der Waals surface area (Å²) < 4.78 is 0. The van der Waals surface area contributed by atoms with E-state index >= 15 is 0 Å². The lowest BCUT2D eigenvalue weighted by Crippen LogP contribution is -2.46. The van der Waals surface area contributed by atoms with E-state index in [1.54, 1.807) is 7.05 Å². The van der Waals surface area contributed by atoms with E-state index in [0.29, 0.717) is 12.3 Å². The SMILES string of the molecule is CN=C(NCCCSc1ccccc1)N1CCC(CC(=O)NC)CC1.I. The van der Waals surface area contributed by atoms with E-state index in [-0.39, 0.29) is 29.9 Å². The van der Waals surface area contributed by atoms with Gasteiger partial charge >= 0.3 is 0 Å². The number of rotatable bonds is 7. The highest BCUT2D eigenvalue weighted by Gasteiger charge is 2.22. The maximum Gasteiger partial charge on any atom is 0.220 e. The van der Waals surface area contributed by atoms with Gasteiger partial charge in [0.1, 0.15) is 0 Å². The van der Waals surface area contributed by atoms with Crippen LogP contribution in [0.4, 0.5) is 0 Å². The molecule has 0 saturated carbocycles. The number of carbonyl (C=O) groups is 1. The monoisotopic (exact) mass is 490 g/mol. The van der Waals surface area contributed by atoms with Crippen LogP contribution in [0.2, 0.25) is 0 Å². The maximum absolute atomic E-state index is 11.5. The molecule has 1 aliphatic heterocycles. The van der Waals surface area contributed by atoms with Crippen LogP contribution in [-0.4, -0.2) is 56.2 Å². The van der Waals surface area contributed by atoms with Gasteiger partial charge in [-0.3, -0.25) is 9.79 Å². The molecule has 146 valence electrons. The number of hydrogen-bond acceptors (Lipinski definition) is 3. The van der Waals surface area contributed by atoms with Crippen LogP contribution in [0.15, 0.2) is 40.2 Å². The molecular weight excluding hydrogens is 459 g/mol. The summed E-state index contributed by atoms with van der Waals surface area (Å²) in [5, 5.41) is 6.19. The zero-order chi connectivity index (χ0) is 17.9. The van der Waals surface area contributed by atoms with Gasteiger partial charge in [0, 0.05) is 45.0 Å². The topological polar surface area (TPSA) is 56.7 Å². The first-order valence-corrected chi connectivity index (χ1v) is 10.1. The molecule has 0 unspecified atom stereocenters.